The molecule has 4 aliphatic rings. The third-order valence-electron chi connectivity index (χ3n) is 8.17. The Kier molecular flexibility index (Phi) is 12.6. The molecule has 36 heavy (non-hydrogen) atoms. The summed E-state index contributed by atoms with van der Waals surface area (Å²) in [7, 11) is 0. The number of hydrogen-bond acceptors (Lipinski definition) is 3. The van der Waals surface area contributed by atoms with Gasteiger partial charge in [-0.2, -0.15) is 0 Å². The van der Waals surface area contributed by atoms with Crippen molar-refractivity contribution in [3.8, 4) is 17.6 Å². The monoisotopic (exact) mass is 570 g/mol. The van der Waals surface area contributed by atoms with E-state index in [4.69, 9.17) is 14.0 Å². The van der Waals surface area contributed by atoms with Crippen molar-refractivity contribution in [2.24, 2.45) is 17.3 Å². The number of carbonyl (C=O) groups excluding carboxylic acids is 1. The second-order valence-corrected chi connectivity index (χ2v) is 9.41. The molecule has 5 atom stereocenters. The van der Waals surface area contributed by atoms with Gasteiger partial charge in [-0.1, -0.05) is 18.9 Å². The summed E-state index contributed by atoms with van der Waals surface area (Å²) in [5.41, 5.74) is 1.29. The molecule has 0 heterocycles. The number of benzene rings is 1. The molecular formula is C29H27O6Tc. The van der Waals surface area contributed by atoms with Gasteiger partial charge in [0.15, 0.2) is 0 Å². The van der Waals surface area contributed by atoms with Gasteiger partial charge >= 0.3 is 33.9 Å². The van der Waals surface area contributed by atoms with E-state index in [1.807, 2.05) is 18.9 Å². The maximum atomic E-state index is 12.4. The number of phenolic OH excluding ortho intramolecular Hbond substituents is 1. The van der Waals surface area contributed by atoms with Crippen molar-refractivity contribution in [1.29, 1.82) is 0 Å². The minimum atomic E-state index is -1.10. The summed E-state index contributed by atoms with van der Waals surface area (Å²) >= 11 is 0. The van der Waals surface area contributed by atoms with Crippen molar-refractivity contribution in [2.45, 2.75) is 57.0 Å². The van der Waals surface area contributed by atoms with Gasteiger partial charge in [-0.15, -0.1) is 0 Å². The van der Waals surface area contributed by atoms with Gasteiger partial charge in [0.05, 0.1) is 5.92 Å². The molecule has 1 aromatic carbocycles. The van der Waals surface area contributed by atoms with Gasteiger partial charge in [0.2, 0.25) is 5.78 Å². The van der Waals surface area contributed by atoms with E-state index in [2.05, 4.69) is 44.8 Å². The fourth-order valence-electron chi connectivity index (χ4n) is 6.55. The fraction of sp³-hybridized carbons (Fsp3) is 0.414. The molecule has 6 radical (unpaired) electrons. The number of fused-ring (bicyclic) bond motifs is 5. The molecule has 0 spiro atoms. The van der Waals surface area contributed by atoms with Crippen LogP contribution in [0, 0.1) is 80.6 Å². The third kappa shape index (κ3) is 5.96. The fourth-order valence-corrected chi connectivity index (χ4v) is 6.55. The molecule has 5 rings (SSSR count). The van der Waals surface area contributed by atoms with Crippen molar-refractivity contribution in [3.05, 3.63) is 80.9 Å². The van der Waals surface area contributed by atoms with Crippen molar-refractivity contribution >= 4 is 5.78 Å². The Morgan fingerprint density at radius 1 is 1.03 bits per heavy atom. The number of phenols is 1. The molecule has 186 valence electrons. The Bertz CT molecular complexity index is 1010. The van der Waals surface area contributed by atoms with E-state index in [9.17, 15) is 15.0 Å². The van der Waals surface area contributed by atoms with Crippen LogP contribution < -0.4 is 0 Å². The number of aryl methyl sites for hydroxylation is 1. The van der Waals surface area contributed by atoms with E-state index < -0.39 is 5.60 Å². The SMILES string of the molecule is C[C@]12CC[C@@H]3c4ccc(O)cc4CC[C@H]3[C@@H]1CC[C@@]2(O)C#CC(=O)[C]1[CH][CH][CH][CH]1.[99Tc].[C-]#[O+].[C-]#[O+].[C-]#[O+]. The first-order valence-electron chi connectivity index (χ1n) is 11.4. The van der Waals surface area contributed by atoms with Gasteiger partial charge in [-0.25, -0.2) is 0 Å². The van der Waals surface area contributed by atoms with Gasteiger partial charge in [0, 0.05) is 25.5 Å². The number of rotatable bonds is 1. The second kappa shape index (κ2) is 14.1. The molecule has 0 unspecified atom stereocenters. The maximum absolute atomic E-state index is 12.4. The van der Waals surface area contributed by atoms with Crippen molar-refractivity contribution < 1.29 is 49.1 Å². The zero-order valence-corrected chi connectivity index (χ0v) is 21.8. The number of aliphatic hydroxyl groups is 1. The third-order valence-corrected chi connectivity index (χ3v) is 8.17. The molecule has 1 aromatic rings. The Labute approximate surface area is 227 Å². The molecule has 3 fully saturated rings. The zero-order chi connectivity index (χ0) is 26.2. The summed E-state index contributed by atoms with van der Waals surface area (Å²) in [6.07, 6.45) is 12.8. The molecule has 0 aliphatic heterocycles. The van der Waals surface area contributed by atoms with Crippen LogP contribution in [-0.4, -0.2) is 21.6 Å². The summed E-state index contributed by atoms with van der Waals surface area (Å²) in [6.45, 7) is 15.7. The Hall–Kier alpha value is -1.92. The van der Waals surface area contributed by atoms with E-state index in [1.54, 1.807) is 18.9 Å². The summed E-state index contributed by atoms with van der Waals surface area (Å²) in [6, 6.07) is 5.83. The van der Waals surface area contributed by atoms with Gasteiger partial charge < -0.3 is 10.2 Å². The van der Waals surface area contributed by atoms with E-state index in [-0.39, 0.29) is 31.3 Å². The van der Waals surface area contributed by atoms with Crippen LogP contribution in [0.2, 0.25) is 0 Å². The predicted molar refractivity (Wildman–Crippen MR) is 123 cm³/mol. The molecule has 7 heteroatoms. The molecule has 0 saturated heterocycles. The number of Topliss-reactive ketones (excluding diaryl/α,β-unsaturated/α-hetero) is 1. The van der Waals surface area contributed by atoms with Crippen LogP contribution in [0.1, 0.15) is 56.1 Å². The molecule has 0 bridgehead atoms. The van der Waals surface area contributed by atoms with E-state index >= 15 is 0 Å². The Morgan fingerprint density at radius 3 is 2.31 bits per heavy atom. The average Bonchev–Trinajstić information content (AvgIpc) is 3.53. The molecule has 6 nitrogen and oxygen atoms in total. The number of ketones is 1. The molecular weight excluding hydrogens is 543 g/mol. The second-order valence-electron chi connectivity index (χ2n) is 9.41. The molecule has 0 amide bonds. The first-order chi connectivity index (χ1) is 16.9. The van der Waals surface area contributed by atoms with Gasteiger partial charge in [-0.3, -0.25) is 4.79 Å². The van der Waals surface area contributed by atoms with Crippen LogP contribution >= 0.6 is 0 Å². The predicted octanol–water partition coefficient (Wildman–Crippen LogP) is 3.84. The quantitative estimate of drug-likeness (QED) is 0.231. The van der Waals surface area contributed by atoms with E-state index in [1.165, 1.54) is 11.1 Å². The van der Waals surface area contributed by atoms with Crippen molar-refractivity contribution in [2.75, 3.05) is 0 Å². The van der Waals surface area contributed by atoms with Gasteiger partial charge in [0.1, 0.15) is 11.4 Å². The Morgan fingerprint density at radius 2 is 1.67 bits per heavy atom. The molecule has 3 saturated carbocycles. The van der Waals surface area contributed by atoms with Crippen LogP contribution in [0.3, 0.4) is 0 Å². The van der Waals surface area contributed by atoms with Crippen LogP contribution in [0.25, 0.3) is 0 Å². The topological polar surface area (TPSA) is 117 Å². The first kappa shape index (κ1) is 32.1. The van der Waals surface area contributed by atoms with Crippen LogP contribution in [-0.2, 0) is 45.3 Å². The van der Waals surface area contributed by atoms with E-state index in [0.717, 1.165) is 32.1 Å². The number of aromatic hydroxyl groups is 1. The Balaban J connectivity index is 0.000000864. The normalized spacial score (nSPS) is 31.2. The summed E-state index contributed by atoms with van der Waals surface area (Å²) in [5, 5.41) is 21.4. The standard InChI is InChI=1S/C26H27O3.3CO.Tc/c1-25-13-10-21-20-9-7-19(27)16-18(20)6-8-22(21)23(25)11-14-26(25,29)15-12-24(28)17-4-2-3-5-17;3*1-2;/h2-5,7,9,16,21-23,27,29H,6,8,10-11,13-14H2,1H3;;;;/t21-,22-,23+,25+,26-;;;;/m1..../s1/i;;;;1+1. The van der Waals surface area contributed by atoms with Gasteiger partial charge in [-0.05, 0) is 111 Å². The van der Waals surface area contributed by atoms with Crippen molar-refractivity contribution in [3.63, 3.8) is 0 Å². The average molecular weight is 570 g/mol. The minimum absolute atomic E-state index is 0. The summed E-state index contributed by atoms with van der Waals surface area (Å²) < 4.78 is 22.5. The van der Waals surface area contributed by atoms with Crippen molar-refractivity contribution in [1.82, 2.24) is 0 Å². The molecule has 2 N–H and O–H groups in total. The number of hydrogen-bond donors (Lipinski definition) is 2. The van der Waals surface area contributed by atoms with E-state index in [0.29, 0.717) is 35.8 Å². The van der Waals surface area contributed by atoms with Crippen LogP contribution in [0.5, 0.6) is 5.75 Å². The van der Waals surface area contributed by atoms with Gasteiger partial charge in [0.25, 0.3) is 0 Å². The van der Waals surface area contributed by atoms with Crippen LogP contribution in [0.4, 0.5) is 0 Å². The summed E-state index contributed by atoms with van der Waals surface area (Å²) in [5.74, 6) is 7.96. The first-order valence-corrected chi connectivity index (χ1v) is 11.4. The summed E-state index contributed by atoms with van der Waals surface area (Å²) in [4.78, 5) is 12.4. The molecule has 0 aromatic heterocycles. The zero-order valence-electron chi connectivity index (χ0n) is 19.9. The number of carbonyl (C=O) groups is 1. The van der Waals surface area contributed by atoms with Crippen LogP contribution in [0.15, 0.2) is 18.2 Å². The molecule has 4 aliphatic carbocycles.